The zero-order valence-corrected chi connectivity index (χ0v) is 10.3. The van der Waals surface area contributed by atoms with Crippen LogP contribution in [0.1, 0.15) is 32.1 Å². The molecule has 0 aromatic rings. The lowest BCUT2D eigenvalue weighted by Gasteiger charge is -2.21. The van der Waals surface area contributed by atoms with E-state index in [0.717, 1.165) is 25.7 Å². The summed E-state index contributed by atoms with van der Waals surface area (Å²) in [6.45, 7) is 0. The van der Waals surface area contributed by atoms with Gasteiger partial charge in [-0.1, -0.05) is 25.0 Å². The fraction of sp³-hybridized carbons (Fsp3) is 0.714. The molecule has 0 saturated heterocycles. The number of carboxylic acid groups (broad SMARTS) is 1. The van der Waals surface area contributed by atoms with Crippen molar-refractivity contribution in [1.82, 2.24) is 5.32 Å². The summed E-state index contributed by atoms with van der Waals surface area (Å²) in [6.07, 6.45) is 9.08. The molecule has 1 amide bonds. The summed E-state index contributed by atoms with van der Waals surface area (Å²) >= 11 is 0. The molecule has 0 heterocycles. The van der Waals surface area contributed by atoms with Gasteiger partial charge in [-0.25, -0.2) is 4.79 Å². The summed E-state index contributed by atoms with van der Waals surface area (Å²) in [5.74, 6) is 0.434. The molecule has 2 fully saturated rings. The highest BCUT2D eigenvalue weighted by molar-refractivity contribution is 5.85. The first kappa shape index (κ1) is 11.8. The molecule has 0 aromatic heterocycles. The first-order chi connectivity index (χ1) is 8.63. The molecule has 3 rings (SSSR count). The number of nitrogens with one attached hydrogen (secondary N) is 1. The van der Waals surface area contributed by atoms with Crippen molar-refractivity contribution < 1.29 is 14.7 Å². The van der Waals surface area contributed by atoms with Crippen LogP contribution in [-0.2, 0) is 9.59 Å². The van der Waals surface area contributed by atoms with Crippen molar-refractivity contribution in [3.05, 3.63) is 12.2 Å². The lowest BCUT2D eigenvalue weighted by molar-refractivity contribution is -0.143. The number of carboxylic acids is 1. The van der Waals surface area contributed by atoms with E-state index < -0.39 is 12.0 Å². The van der Waals surface area contributed by atoms with E-state index in [1.165, 1.54) is 0 Å². The van der Waals surface area contributed by atoms with Crippen molar-refractivity contribution in [2.24, 2.45) is 23.7 Å². The van der Waals surface area contributed by atoms with Crippen molar-refractivity contribution in [2.75, 3.05) is 0 Å². The smallest absolute Gasteiger partial charge is 0.326 e. The standard InChI is InChI=1S/C14H19NO3/c16-13(11-6-9-3-4-10(11)5-9)15-12(14(17)18)7-8-1-2-8/h3-4,8-12H,1-2,5-7H2,(H,15,16)(H,17,18). The largest absolute Gasteiger partial charge is 0.480 e. The molecular weight excluding hydrogens is 230 g/mol. The predicted molar refractivity (Wildman–Crippen MR) is 65.8 cm³/mol. The third-order valence-corrected chi connectivity index (χ3v) is 4.50. The van der Waals surface area contributed by atoms with E-state index in [1.54, 1.807) is 0 Å². The first-order valence-corrected chi connectivity index (χ1v) is 6.85. The van der Waals surface area contributed by atoms with Crippen LogP contribution >= 0.6 is 0 Å². The van der Waals surface area contributed by atoms with Gasteiger partial charge >= 0.3 is 5.97 Å². The molecule has 2 saturated carbocycles. The Morgan fingerprint density at radius 2 is 2.06 bits per heavy atom. The van der Waals surface area contributed by atoms with Crippen LogP contribution in [0.5, 0.6) is 0 Å². The summed E-state index contributed by atoms with van der Waals surface area (Å²) in [4.78, 5) is 23.3. The average molecular weight is 249 g/mol. The maximum absolute atomic E-state index is 12.1. The molecule has 3 aliphatic carbocycles. The molecule has 18 heavy (non-hydrogen) atoms. The van der Waals surface area contributed by atoms with Crippen molar-refractivity contribution in [3.63, 3.8) is 0 Å². The van der Waals surface area contributed by atoms with Crippen LogP contribution in [0, 0.1) is 23.7 Å². The Balaban J connectivity index is 1.58. The van der Waals surface area contributed by atoms with Crippen molar-refractivity contribution >= 4 is 11.9 Å². The second kappa shape index (κ2) is 4.41. The van der Waals surface area contributed by atoms with E-state index in [2.05, 4.69) is 17.5 Å². The monoisotopic (exact) mass is 249 g/mol. The molecule has 3 aliphatic rings. The Morgan fingerprint density at radius 3 is 2.56 bits per heavy atom. The van der Waals surface area contributed by atoms with Gasteiger partial charge in [0.05, 0.1) is 0 Å². The Hall–Kier alpha value is -1.32. The van der Waals surface area contributed by atoms with Crippen LogP contribution in [-0.4, -0.2) is 23.0 Å². The van der Waals surface area contributed by atoms with E-state index in [4.69, 9.17) is 5.11 Å². The Kier molecular flexibility index (Phi) is 2.88. The summed E-state index contributed by atoms with van der Waals surface area (Å²) < 4.78 is 0. The number of hydrogen-bond donors (Lipinski definition) is 2. The Labute approximate surface area is 106 Å². The van der Waals surface area contributed by atoms with E-state index >= 15 is 0 Å². The lowest BCUT2D eigenvalue weighted by Crippen LogP contribution is -2.44. The van der Waals surface area contributed by atoms with E-state index in [9.17, 15) is 9.59 Å². The van der Waals surface area contributed by atoms with Crippen molar-refractivity contribution in [3.8, 4) is 0 Å². The first-order valence-electron chi connectivity index (χ1n) is 6.85. The second-order valence-electron chi connectivity index (χ2n) is 5.97. The summed E-state index contributed by atoms with van der Waals surface area (Å²) in [5.41, 5.74) is 0. The molecule has 2 bridgehead atoms. The summed E-state index contributed by atoms with van der Waals surface area (Å²) in [7, 11) is 0. The minimum Gasteiger partial charge on any atom is -0.480 e. The van der Waals surface area contributed by atoms with Gasteiger partial charge in [0.15, 0.2) is 0 Å². The molecule has 0 aliphatic heterocycles. The van der Waals surface area contributed by atoms with E-state index in [1.807, 2.05) is 0 Å². The van der Waals surface area contributed by atoms with Gasteiger partial charge in [-0.15, -0.1) is 0 Å². The van der Waals surface area contributed by atoms with Gasteiger partial charge in [0.1, 0.15) is 6.04 Å². The van der Waals surface area contributed by atoms with Crippen LogP contribution in [0.2, 0.25) is 0 Å². The normalized spacial score (nSPS) is 34.6. The van der Waals surface area contributed by atoms with Crippen LogP contribution in [0.3, 0.4) is 0 Å². The van der Waals surface area contributed by atoms with E-state index in [0.29, 0.717) is 24.2 Å². The molecule has 98 valence electrons. The minimum atomic E-state index is -0.894. The highest BCUT2D eigenvalue weighted by atomic mass is 16.4. The molecular formula is C14H19NO3. The molecule has 2 N–H and O–H groups in total. The highest BCUT2D eigenvalue weighted by Gasteiger charge is 2.41. The molecule has 4 unspecified atom stereocenters. The second-order valence-corrected chi connectivity index (χ2v) is 5.97. The fourth-order valence-electron chi connectivity index (χ4n) is 3.27. The van der Waals surface area contributed by atoms with Crippen molar-refractivity contribution in [1.29, 1.82) is 0 Å². The lowest BCUT2D eigenvalue weighted by atomic mass is 9.92. The molecule has 0 aromatic carbocycles. The van der Waals surface area contributed by atoms with Gasteiger partial charge in [0, 0.05) is 5.92 Å². The molecule has 4 nitrogen and oxygen atoms in total. The number of allylic oxidation sites excluding steroid dienone is 2. The third kappa shape index (κ3) is 2.28. The number of hydrogen-bond acceptors (Lipinski definition) is 2. The van der Waals surface area contributed by atoms with Gasteiger partial charge < -0.3 is 10.4 Å². The van der Waals surface area contributed by atoms with Gasteiger partial charge in [-0.05, 0) is 37.0 Å². The Morgan fingerprint density at radius 1 is 1.28 bits per heavy atom. The molecule has 0 spiro atoms. The van der Waals surface area contributed by atoms with Crippen LogP contribution in [0.25, 0.3) is 0 Å². The van der Waals surface area contributed by atoms with Gasteiger partial charge in [-0.2, -0.15) is 0 Å². The Bertz CT molecular complexity index is 400. The van der Waals surface area contributed by atoms with Gasteiger partial charge in [0.25, 0.3) is 0 Å². The zero-order valence-electron chi connectivity index (χ0n) is 10.3. The minimum absolute atomic E-state index is 0.000975. The SMILES string of the molecule is O=C(O)C(CC1CC1)NC(=O)C1CC2C=CC1C2. The molecule has 4 atom stereocenters. The quantitative estimate of drug-likeness (QED) is 0.727. The molecule has 4 heteroatoms. The maximum atomic E-state index is 12.1. The van der Waals surface area contributed by atoms with Crippen LogP contribution in [0.15, 0.2) is 12.2 Å². The predicted octanol–water partition coefficient (Wildman–Crippen LogP) is 1.57. The summed E-state index contributed by atoms with van der Waals surface area (Å²) in [6, 6.07) is -0.687. The van der Waals surface area contributed by atoms with Crippen molar-refractivity contribution in [2.45, 2.75) is 38.1 Å². The fourth-order valence-corrected chi connectivity index (χ4v) is 3.27. The average Bonchev–Trinajstić information content (AvgIpc) is 2.90. The van der Waals surface area contributed by atoms with Crippen LogP contribution < -0.4 is 5.32 Å². The third-order valence-electron chi connectivity index (χ3n) is 4.50. The number of aliphatic carboxylic acids is 1. The maximum Gasteiger partial charge on any atom is 0.326 e. The molecule has 0 radical (unpaired) electrons. The van der Waals surface area contributed by atoms with E-state index in [-0.39, 0.29) is 11.8 Å². The van der Waals surface area contributed by atoms with Gasteiger partial charge in [-0.3, -0.25) is 4.79 Å². The number of fused-ring (bicyclic) bond motifs is 2. The number of amides is 1. The number of carbonyl (C=O) groups is 2. The topological polar surface area (TPSA) is 66.4 Å². The van der Waals surface area contributed by atoms with Crippen LogP contribution in [0.4, 0.5) is 0 Å². The number of carbonyl (C=O) groups excluding carboxylic acids is 1. The highest BCUT2D eigenvalue weighted by Crippen LogP contribution is 2.43. The number of rotatable bonds is 5. The zero-order chi connectivity index (χ0) is 12.7. The van der Waals surface area contributed by atoms with Gasteiger partial charge in [0.2, 0.25) is 5.91 Å². The summed E-state index contributed by atoms with van der Waals surface area (Å²) in [5, 5.41) is 11.9.